The molecule has 2 aromatic heterocycles. The third-order valence-electron chi connectivity index (χ3n) is 17.4. The van der Waals surface area contributed by atoms with E-state index in [-0.39, 0.29) is 70.4 Å². The van der Waals surface area contributed by atoms with Crippen molar-refractivity contribution in [2.45, 2.75) is 170 Å². The van der Waals surface area contributed by atoms with Gasteiger partial charge < -0.3 is 74.1 Å². The van der Waals surface area contributed by atoms with Gasteiger partial charge in [-0.2, -0.15) is 0 Å². The molecule has 0 radical (unpaired) electrons. The third-order valence-corrected chi connectivity index (χ3v) is 19.3. The number of nitrogens with one attached hydrogen (secondary N) is 5. The van der Waals surface area contributed by atoms with E-state index < -0.39 is 128 Å². The Labute approximate surface area is 556 Å². The van der Waals surface area contributed by atoms with Gasteiger partial charge in [0.15, 0.2) is 0 Å². The summed E-state index contributed by atoms with van der Waals surface area (Å²) < 4.78 is 73.5. The minimum absolute atomic E-state index is 0.0129. The first-order valence-electron chi connectivity index (χ1n) is 32.3. The molecule has 0 unspecified atom stereocenters. The number of allylic oxidation sites excluding steroid dienone is 2. The van der Waals surface area contributed by atoms with Gasteiger partial charge >= 0.3 is 18.2 Å². The fourth-order valence-electron chi connectivity index (χ4n) is 12.2. The summed E-state index contributed by atoms with van der Waals surface area (Å²) in [5, 5.41) is 23.3. The Bertz CT molecular complexity index is 3800. The van der Waals surface area contributed by atoms with Crippen LogP contribution in [0.4, 0.5) is 9.59 Å². The van der Waals surface area contributed by atoms with E-state index >= 15 is 0 Å². The molecular weight excluding hydrogens is 1270 g/mol. The average molecular weight is 1350 g/mol. The number of carboxylic acids is 1. The van der Waals surface area contributed by atoms with Crippen LogP contribution in [0.15, 0.2) is 85.2 Å². The summed E-state index contributed by atoms with van der Waals surface area (Å²) in [7, 11) is -0.756. The highest BCUT2D eigenvalue weighted by Gasteiger charge is 2.63. The van der Waals surface area contributed by atoms with Crippen LogP contribution in [-0.2, 0) is 57.7 Å². The zero-order chi connectivity index (χ0) is 68.9. The summed E-state index contributed by atoms with van der Waals surface area (Å²) >= 11 is 0. The quantitative estimate of drug-likeness (QED) is 0.0999. The molecular formula is C67H85N9O19S. The molecule has 518 valence electrons. The Morgan fingerprint density at radius 2 is 1.08 bits per heavy atom. The zero-order valence-corrected chi connectivity index (χ0v) is 55.9. The monoisotopic (exact) mass is 1350 g/mol. The third kappa shape index (κ3) is 16.9. The van der Waals surface area contributed by atoms with Crippen LogP contribution in [0, 0.1) is 11.8 Å². The van der Waals surface area contributed by atoms with E-state index in [9.17, 15) is 51.9 Å². The SMILES string of the molecule is COc1ccc2c(O[C@@H]3C[C@H]4C(=O)N[C@]5(C(=O)NS(=O)(=O)C6CC6)C[C@H]5/C=C\CCCOC[C@H](NC(=O)OC(C)(C)C)C(=O)N4C3)nccc2c1.COc1ccc2c(O[C@@H]3C[C@H]4C(=O)N[C@]5(C(=O)O)C[C@H]5/C=C\CCCOC[C@H](NC(=O)OC(C)(C)C)C(=O)N4C3)nccc2c1. The second kappa shape index (κ2) is 28.9. The number of methoxy groups -OCH3 is 2. The lowest BCUT2D eigenvalue weighted by molar-refractivity contribution is -0.146. The van der Waals surface area contributed by atoms with E-state index in [1.807, 2.05) is 48.6 Å². The summed E-state index contributed by atoms with van der Waals surface area (Å²) in [5.41, 5.74) is -4.63. The molecule has 10 atom stereocenters. The second-order valence-electron chi connectivity index (χ2n) is 27.1. The van der Waals surface area contributed by atoms with Crippen molar-refractivity contribution < 1.29 is 89.8 Å². The number of fused-ring (bicyclic) bond motifs is 6. The van der Waals surface area contributed by atoms with Gasteiger partial charge in [0, 0.05) is 61.1 Å². The Morgan fingerprint density at radius 1 is 0.646 bits per heavy atom. The number of aromatic nitrogens is 2. The molecule has 96 heavy (non-hydrogen) atoms. The molecule has 0 spiro atoms. The number of carbonyl (C=O) groups excluding carboxylic acids is 7. The summed E-state index contributed by atoms with van der Waals surface area (Å²) in [6.45, 7) is 10.4. The minimum atomic E-state index is -3.90. The molecule has 11 rings (SSSR count). The summed E-state index contributed by atoms with van der Waals surface area (Å²) in [4.78, 5) is 119. The fourth-order valence-corrected chi connectivity index (χ4v) is 13.5. The van der Waals surface area contributed by atoms with Gasteiger partial charge in [0.05, 0.1) is 45.8 Å². The molecule has 6 N–H and O–H groups in total. The van der Waals surface area contributed by atoms with Crippen LogP contribution in [0.3, 0.4) is 0 Å². The molecule has 0 bridgehead atoms. The highest BCUT2D eigenvalue weighted by Crippen LogP contribution is 2.47. The fraction of sp³-hybridized carbons (Fsp3) is 0.552. The second-order valence-corrected chi connectivity index (χ2v) is 29.0. The highest BCUT2D eigenvalue weighted by molar-refractivity contribution is 7.91. The zero-order valence-electron chi connectivity index (χ0n) is 55.1. The molecule has 2 saturated heterocycles. The van der Waals surface area contributed by atoms with Gasteiger partial charge in [-0.05, 0) is 152 Å². The average Bonchev–Trinajstić information content (AvgIpc) is 1.58. The lowest BCUT2D eigenvalue weighted by Gasteiger charge is -2.30. The first-order chi connectivity index (χ1) is 45.6. The molecule has 2 aromatic carbocycles. The van der Waals surface area contributed by atoms with Crippen LogP contribution in [0.5, 0.6) is 23.3 Å². The predicted octanol–water partition coefficient (Wildman–Crippen LogP) is 5.15. The van der Waals surface area contributed by atoms with Crippen molar-refractivity contribution in [1.82, 2.24) is 45.8 Å². The molecule has 5 fully saturated rings. The molecule has 4 aromatic rings. The number of nitrogens with zero attached hydrogens (tertiary/aromatic N) is 4. The Kier molecular flexibility index (Phi) is 21.0. The molecule has 3 aliphatic carbocycles. The molecule has 4 aliphatic heterocycles. The number of aliphatic carboxylic acids is 1. The number of benzene rings is 2. The number of carboxylic acid groups (broad SMARTS) is 1. The topological polar surface area (TPSA) is 357 Å². The van der Waals surface area contributed by atoms with Crippen molar-refractivity contribution in [3.8, 4) is 23.3 Å². The van der Waals surface area contributed by atoms with Gasteiger partial charge in [0.25, 0.3) is 5.91 Å². The van der Waals surface area contributed by atoms with Gasteiger partial charge in [-0.15, -0.1) is 0 Å². The van der Waals surface area contributed by atoms with Crippen molar-refractivity contribution in [1.29, 1.82) is 0 Å². The Balaban J connectivity index is 0.000000210. The Morgan fingerprint density at radius 3 is 1.51 bits per heavy atom. The highest BCUT2D eigenvalue weighted by atomic mass is 32.2. The van der Waals surface area contributed by atoms with E-state index in [0.29, 0.717) is 73.3 Å². The van der Waals surface area contributed by atoms with Crippen molar-refractivity contribution in [3.63, 3.8) is 0 Å². The number of alkyl carbamates (subject to hydrolysis) is 2. The molecule has 7 amide bonds. The van der Waals surface area contributed by atoms with Crippen molar-refractivity contribution in [3.05, 3.63) is 85.2 Å². The number of ether oxygens (including phenoxy) is 8. The molecule has 7 aliphatic rings. The van der Waals surface area contributed by atoms with Crippen molar-refractivity contribution in [2.75, 3.05) is 53.7 Å². The molecule has 29 heteroatoms. The van der Waals surface area contributed by atoms with Gasteiger partial charge in [-0.25, -0.2) is 32.8 Å². The standard InChI is InChI=1S/C35H45N5O10S.C32H40N4O9/c1-34(2,3)50-33(44)37-27-20-48-15-7-5-6-8-22-18-35(22,32(43)39-51(45,46)25-10-11-25)38-29(41)28-17-24(19-40(28)31(27)42)49-30-26-12-9-23(47-4)16-21(26)13-14-36-30;1-31(2,3)45-30(41)34-24-18-43-13-7-5-6-8-20-16-32(20,29(39)40)35-26(37)25-15-22(17-36(25)28(24)38)44-27-23-10-9-21(42-4)14-19(23)11-12-33-27/h6,8-9,12-14,16,22,24-25,27-28H,5,7,10-11,15,17-20H2,1-4H3,(H,37,44)(H,38,41)(H,39,43);6,8-12,14,20,22,24-25H,5,7,13,15-18H2,1-4H3,(H,34,41)(H,35,37)(H,39,40)/b2*8-6-/t22-,24-,27+,28+,35-;20-,22-,24+,25+,32-/m11/s1. The van der Waals surface area contributed by atoms with Crippen LogP contribution in [0.25, 0.3) is 21.5 Å². The Hall–Kier alpha value is -8.83. The summed E-state index contributed by atoms with van der Waals surface area (Å²) in [5.74, 6) is -3.33. The van der Waals surface area contributed by atoms with E-state index in [1.165, 1.54) is 9.80 Å². The number of sulfonamides is 1. The minimum Gasteiger partial charge on any atom is -0.497 e. The maximum Gasteiger partial charge on any atom is 0.408 e. The first-order valence-corrected chi connectivity index (χ1v) is 33.8. The summed E-state index contributed by atoms with van der Waals surface area (Å²) in [6.07, 6.45) is 11.4. The van der Waals surface area contributed by atoms with Crippen LogP contribution in [0.2, 0.25) is 0 Å². The van der Waals surface area contributed by atoms with E-state index in [4.69, 9.17) is 37.9 Å². The number of rotatable bonds is 12. The number of hydrogen-bond acceptors (Lipinski definition) is 20. The van der Waals surface area contributed by atoms with Crippen LogP contribution >= 0.6 is 0 Å². The number of hydrogen-bond donors (Lipinski definition) is 6. The van der Waals surface area contributed by atoms with Gasteiger partial charge in [-0.3, -0.25) is 28.7 Å². The maximum atomic E-state index is 14.3. The van der Waals surface area contributed by atoms with Crippen molar-refractivity contribution >= 4 is 79.3 Å². The largest absolute Gasteiger partial charge is 0.497 e. The molecule has 3 saturated carbocycles. The van der Waals surface area contributed by atoms with Crippen LogP contribution in [-0.4, -0.2) is 199 Å². The first kappa shape index (κ1) is 70.0. The van der Waals surface area contributed by atoms with Gasteiger partial charge in [-0.1, -0.05) is 24.3 Å². The number of carbonyl (C=O) groups is 8. The van der Waals surface area contributed by atoms with E-state index in [1.54, 1.807) is 92.4 Å². The van der Waals surface area contributed by atoms with E-state index in [0.717, 1.165) is 10.8 Å². The lowest BCUT2D eigenvalue weighted by atomic mass is 10.1. The predicted molar refractivity (Wildman–Crippen MR) is 346 cm³/mol. The van der Waals surface area contributed by atoms with E-state index in [2.05, 4.69) is 36.0 Å². The van der Waals surface area contributed by atoms with Gasteiger partial charge in [0.1, 0.15) is 70.2 Å². The normalized spacial score (nSPS) is 28.0. The molecule has 6 heterocycles. The van der Waals surface area contributed by atoms with Crippen LogP contribution in [0.1, 0.15) is 106 Å². The smallest absolute Gasteiger partial charge is 0.408 e. The lowest BCUT2D eigenvalue weighted by Crippen LogP contribution is -2.59. The summed E-state index contributed by atoms with van der Waals surface area (Å²) in [6, 6.07) is 9.87. The maximum absolute atomic E-state index is 14.3. The van der Waals surface area contributed by atoms with Crippen molar-refractivity contribution in [2.24, 2.45) is 11.8 Å². The van der Waals surface area contributed by atoms with Gasteiger partial charge in [0.2, 0.25) is 45.4 Å². The molecule has 28 nitrogen and oxygen atoms in total. The number of amides is 7. The van der Waals surface area contributed by atoms with Crippen LogP contribution < -0.4 is 44.9 Å². The number of pyridine rings is 2.